The molecule has 1 aromatic heterocycles. The van der Waals surface area contributed by atoms with E-state index in [1.165, 1.54) is 22.9 Å². The normalized spacial score (nSPS) is 23.9. The largest absolute Gasteiger partial charge is 0.440 e. The summed E-state index contributed by atoms with van der Waals surface area (Å²) in [6.45, 7) is 3.29. The number of ether oxygens (including phenoxy) is 1. The van der Waals surface area contributed by atoms with Crippen LogP contribution in [0, 0.1) is 5.92 Å². The smallest absolute Gasteiger partial charge is 0.412 e. The van der Waals surface area contributed by atoms with E-state index >= 15 is 0 Å². The summed E-state index contributed by atoms with van der Waals surface area (Å²) >= 11 is 7.15. The summed E-state index contributed by atoms with van der Waals surface area (Å²) < 4.78 is 8.17. The van der Waals surface area contributed by atoms with E-state index in [4.69, 9.17) is 4.74 Å². The second-order valence-corrected chi connectivity index (χ2v) is 12.0. The van der Waals surface area contributed by atoms with Gasteiger partial charge in [-0.2, -0.15) is 0 Å². The van der Waals surface area contributed by atoms with E-state index in [1.54, 1.807) is 11.3 Å². The third-order valence-corrected chi connectivity index (χ3v) is 9.77. The molecule has 2 aromatic carbocycles. The SMILES string of the molecule is O=C(Nc1ccccc1Cc1cc(Br)cs1)OC1C[N+]2(CSc3ccccc3)CCC1CC2. The number of hydrogen-bond acceptors (Lipinski definition) is 4. The van der Waals surface area contributed by atoms with Crippen LogP contribution in [0.1, 0.15) is 23.3 Å². The van der Waals surface area contributed by atoms with Gasteiger partial charge in [0.25, 0.3) is 0 Å². The Balaban J connectivity index is 1.21. The molecule has 3 saturated heterocycles. The van der Waals surface area contributed by atoms with Crippen LogP contribution in [0.3, 0.4) is 0 Å². The Morgan fingerprint density at radius 2 is 1.88 bits per heavy atom. The monoisotopic (exact) mass is 543 g/mol. The molecule has 3 aliphatic heterocycles. The van der Waals surface area contributed by atoms with Gasteiger partial charge in [-0.15, -0.1) is 11.3 Å². The lowest BCUT2D eigenvalue weighted by molar-refractivity contribution is -0.934. The molecule has 4 heterocycles. The van der Waals surface area contributed by atoms with Crippen molar-refractivity contribution in [3.63, 3.8) is 0 Å². The highest BCUT2D eigenvalue weighted by Gasteiger charge is 2.47. The lowest BCUT2D eigenvalue weighted by Gasteiger charge is -2.51. The maximum atomic E-state index is 12.9. The molecule has 1 N–H and O–H groups in total. The van der Waals surface area contributed by atoms with E-state index in [1.807, 2.05) is 30.0 Å². The van der Waals surface area contributed by atoms with Gasteiger partial charge in [-0.25, -0.2) is 4.79 Å². The van der Waals surface area contributed by atoms with Crippen molar-refractivity contribution < 1.29 is 14.0 Å². The molecule has 3 aliphatic rings. The van der Waals surface area contributed by atoms with Gasteiger partial charge in [-0.05, 0) is 45.8 Å². The number of nitrogens with zero attached hydrogens (tertiary/aromatic N) is 1. The molecule has 0 aliphatic carbocycles. The van der Waals surface area contributed by atoms with Crippen molar-refractivity contribution in [2.24, 2.45) is 5.92 Å². The Morgan fingerprint density at radius 3 is 2.64 bits per heavy atom. The van der Waals surface area contributed by atoms with Gasteiger partial charge in [-0.3, -0.25) is 5.32 Å². The lowest BCUT2D eigenvalue weighted by atomic mass is 9.84. The highest BCUT2D eigenvalue weighted by molar-refractivity contribution is 9.10. The van der Waals surface area contributed by atoms with Gasteiger partial charge in [0.05, 0.1) is 13.1 Å². The van der Waals surface area contributed by atoms with Gasteiger partial charge in [0.15, 0.2) is 6.10 Å². The number of para-hydroxylation sites is 1. The maximum Gasteiger partial charge on any atom is 0.412 e. The highest BCUT2D eigenvalue weighted by atomic mass is 79.9. The van der Waals surface area contributed by atoms with Gasteiger partial charge in [0.2, 0.25) is 0 Å². The third-order valence-electron chi connectivity index (χ3n) is 6.79. The summed E-state index contributed by atoms with van der Waals surface area (Å²) in [6, 6.07) is 20.7. The van der Waals surface area contributed by atoms with E-state index in [0.29, 0.717) is 5.92 Å². The van der Waals surface area contributed by atoms with Gasteiger partial charge in [-0.1, -0.05) is 48.2 Å². The number of fused-ring (bicyclic) bond motifs is 3. The zero-order valence-corrected chi connectivity index (χ0v) is 21.6. The van der Waals surface area contributed by atoms with Crippen LogP contribution in [-0.4, -0.2) is 42.2 Å². The quantitative estimate of drug-likeness (QED) is 0.257. The standard InChI is InChI=1S/C26H27BrN2O2S2/c27-21-15-23(32-17-21)14-20-6-4-5-9-24(20)28-26(30)31-25-16-29(12-10-19(25)11-13-29)18-33-22-7-2-1-3-8-22/h1-9,15,17,19,25H,10-14,16,18H2/p+1. The van der Waals surface area contributed by atoms with Crippen LogP contribution in [0.4, 0.5) is 10.5 Å². The van der Waals surface area contributed by atoms with Gasteiger partial charge in [0.1, 0.15) is 12.4 Å². The van der Waals surface area contributed by atoms with E-state index in [9.17, 15) is 4.79 Å². The number of thiophene rings is 1. The molecule has 2 bridgehead atoms. The Morgan fingerprint density at radius 1 is 1.12 bits per heavy atom. The van der Waals surface area contributed by atoms with E-state index in [2.05, 4.69) is 69.1 Å². The molecule has 6 rings (SSSR count). The van der Waals surface area contributed by atoms with Crippen molar-refractivity contribution in [2.75, 3.05) is 30.8 Å². The number of carbonyl (C=O) groups excluding carboxylic acids is 1. The van der Waals surface area contributed by atoms with E-state index < -0.39 is 0 Å². The number of anilines is 1. The van der Waals surface area contributed by atoms with Crippen molar-refractivity contribution in [2.45, 2.75) is 30.3 Å². The Kier molecular flexibility index (Phi) is 7.11. The second kappa shape index (κ2) is 10.2. The predicted molar refractivity (Wildman–Crippen MR) is 140 cm³/mol. The highest BCUT2D eigenvalue weighted by Crippen LogP contribution is 2.38. The molecule has 0 spiro atoms. The summed E-state index contributed by atoms with van der Waals surface area (Å²) in [6.07, 6.45) is 2.72. The number of benzene rings is 2. The molecule has 3 fully saturated rings. The van der Waals surface area contributed by atoms with Crippen LogP contribution in [0.5, 0.6) is 0 Å². The third kappa shape index (κ3) is 5.65. The van der Waals surface area contributed by atoms with Crippen molar-refractivity contribution in [3.8, 4) is 0 Å². The second-order valence-electron chi connectivity index (χ2n) is 9.03. The molecular formula is C26H28BrN2O2S2+. The zero-order valence-electron chi connectivity index (χ0n) is 18.4. The fourth-order valence-corrected chi connectivity index (χ4v) is 7.58. The van der Waals surface area contributed by atoms with Gasteiger partial charge >= 0.3 is 6.09 Å². The minimum atomic E-state index is -0.331. The fraction of sp³-hybridized carbons (Fsp3) is 0.346. The molecule has 7 heteroatoms. The van der Waals surface area contributed by atoms with E-state index in [0.717, 1.165) is 51.9 Å². The van der Waals surface area contributed by atoms with Crippen molar-refractivity contribution in [3.05, 3.63) is 81.0 Å². The number of hydrogen-bond donors (Lipinski definition) is 1. The number of halogens is 1. The molecule has 0 saturated carbocycles. The lowest BCUT2D eigenvalue weighted by Crippen LogP contribution is -2.64. The molecule has 33 heavy (non-hydrogen) atoms. The number of rotatable bonds is 7. The molecule has 1 atom stereocenters. The first kappa shape index (κ1) is 23.0. The molecule has 1 unspecified atom stereocenters. The first-order chi connectivity index (χ1) is 16.1. The number of piperidine rings is 3. The average Bonchev–Trinajstić information content (AvgIpc) is 3.25. The molecule has 3 aromatic rings. The summed E-state index contributed by atoms with van der Waals surface area (Å²) in [5.74, 6) is 1.52. The molecule has 4 nitrogen and oxygen atoms in total. The molecule has 1 amide bonds. The first-order valence-electron chi connectivity index (χ1n) is 11.4. The fourth-order valence-electron chi connectivity index (χ4n) is 4.97. The van der Waals surface area contributed by atoms with Crippen molar-refractivity contribution in [1.29, 1.82) is 0 Å². The average molecular weight is 545 g/mol. The van der Waals surface area contributed by atoms with Crippen molar-refractivity contribution in [1.82, 2.24) is 0 Å². The summed E-state index contributed by atoms with van der Waals surface area (Å²) in [7, 11) is 0. The first-order valence-corrected chi connectivity index (χ1v) is 14.1. The summed E-state index contributed by atoms with van der Waals surface area (Å²) in [4.78, 5) is 15.5. The predicted octanol–water partition coefficient (Wildman–Crippen LogP) is 7.01. The molecule has 0 radical (unpaired) electrons. The van der Waals surface area contributed by atoms with Gasteiger partial charge < -0.3 is 9.22 Å². The van der Waals surface area contributed by atoms with Crippen LogP contribution in [-0.2, 0) is 11.2 Å². The molecular weight excluding hydrogens is 516 g/mol. The number of amides is 1. The minimum absolute atomic E-state index is 0.00992. The Hall–Kier alpha value is -1.80. The van der Waals surface area contributed by atoms with Crippen LogP contribution in [0.15, 0.2) is 75.4 Å². The number of thioether (sulfide) groups is 1. The van der Waals surface area contributed by atoms with Crippen molar-refractivity contribution >= 4 is 50.8 Å². The van der Waals surface area contributed by atoms with E-state index in [-0.39, 0.29) is 12.2 Å². The van der Waals surface area contributed by atoms with Crippen LogP contribution < -0.4 is 5.32 Å². The molecule has 172 valence electrons. The number of quaternary nitrogens is 1. The Labute approximate surface area is 212 Å². The summed E-state index contributed by atoms with van der Waals surface area (Å²) in [5.41, 5.74) is 1.93. The number of carbonyl (C=O) groups is 1. The maximum absolute atomic E-state index is 12.9. The van der Waals surface area contributed by atoms with Crippen LogP contribution in [0.2, 0.25) is 0 Å². The topological polar surface area (TPSA) is 38.3 Å². The van der Waals surface area contributed by atoms with Crippen LogP contribution >= 0.6 is 39.0 Å². The zero-order chi connectivity index (χ0) is 22.7. The Bertz CT molecular complexity index is 1100. The minimum Gasteiger partial charge on any atom is -0.440 e. The van der Waals surface area contributed by atoms with Gasteiger partial charge in [0, 0.05) is 50.5 Å². The number of nitrogens with one attached hydrogen (secondary N) is 1. The summed E-state index contributed by atoms with van der Waals surface area (Å²) in [5, 5.41) is 5.12. The van der Waals surface area contributed by atoms with Crippen LogP contribution in [0.25, 0.3) is 0 Å².